The smallest absolute Gasteiger partial charge is 0.164 e. The van der Waals surface area contributed by atoms with Crippen LogP contribution in [0.1, 0.15) is 48.9 Å². The lowest BCUT2D eigenvalue weighted by Crippen LogP contribution is -2.36. The molecule has 2 atom stereocenters. The number of rotatable bonds is 4. The second-order valence-electron chi connectivity index (χ2n) is 6.12. The van der Waals surface area contributed by atoms with Crippen molar-refractivity contribution in [3.63, 3.8) is 0 Å². The van der Waals surface area contributed by atoms with Gasteiger partial charge in [0.25, 0.3) is 0 Å². The Bertz CT molecular complexity index is 470. The first-order chi connectivity index (χ1) is 9.74. The van der Waals surface area contributed by atoms with Crippen molar-refractivity contribution in [3.05, 3.63) is 34.3 Å². The van der Waals surface area contributed by atoms with Crippen molar-refractivity contribution in [2.45, 2.75) is 44.6 Å². The molecule has 3 rings (SSSR count). The van der Waals surface area contributed by atoms with Crippen LogP contribution in [-0.2, 0) is 0 Å². The maximum Gasteiger partial charge on any atom is 0.164 e. The summed E-state index contributed by atoms with van der Waals surface area (Å²) in [5.41, 5.74) is 0.840. The maximum absolute atomic E-state index is 12.2. The standard InChI is InChI=1S/C17H22BrNO/c18-15-7-5-14(6-8-15)17(20)10-12-19-11-9-13-3-1-2-4-16(13)19/h5-8,13,16H,1-4,9-12H2. The van der Waals surface area contributed by atoms with Crippen molar-refractivity contribution in [2.24, 2.45) is 5.92 Å². The Kier molecular flexibility index (Phi) is 4.57. The first-order valence-corrected chi connectivity index (χ1v) is 8.56. The highest BCUT2D eigenvalue weighted by Gasteiger charge is 2.35. The summed E-state index contributed by atoms with van der Waals surface area (Å²) in [7, 11) is 0. The molecule has 2 nitrogen and oxygen atoms in total. The van der Waals surface area contributed by atoms with Crippen LogP contribution in [0.2, 0.25) is 0 Å². The fourth-order valence-electron chi connectivity index (χ4n) is 3.81. The third-order valence-electron chi connectivity index (χ3n) is 4.92. The van der Waals surface area contributed by atoms with E-state index in [2.05, 4.69) is 20.8 Å². The number of likely N-dealkylation sites (tertiary alicyclic amines) is 1. The SMILES string of the molecule is O=C(CCN1CCC2CCCCC21)c1ccc(Br)cc1. The van der Waals surface area contributed by atoms with Crippen LogP contribution in [-0.4, -0.2) is 29.8 Å². The number of benzene rings is 1. The van der Waals surface area contributed by atoms with E-state index in [1.165, 1.54) is 38.6 Å². The molecule has 1 aromatic rings. The van der Waals surface area contributed by atoms with Gasteiger partial charge in [-0.1, -0.05) is 40.9 Å². The van der Waals surface area contributed by atoms with Crippen molar-refractivity contribution < 1.29 is 4.79 Å². The van der Waals surface area contributed by atoms with E-state index in [4.69, 9.17) is 0 Å². The fourth-order valence-corrected chi connectivity index (χ4v) is 4.07. The topological polar surface area (TPSA) is 20.3 Å². The molecule has 0 bridgehead atoms. The molecule has 20 heavy (non-hydrogen) atoms. The molecule has 1 aliphatic carbocycles. The van der Waals surface area contributed by atoms with Crippen LogP contribution in [0.4, 0.5) is 0 Å². The van der Waals surface area contributed by atoms with E-state index in [0.717, 1.165) is 28.5 Å². The zero-order valence-electron chi connectivity index (χ0n) is 11.9. The first-order valence-electron chi connectivity index (χ1n) is 7.77. The molecule has 1 aliphatic heterocycles. The number of carbonyl (C=O) groups excluding carboxylic acids is 1. The van der Waals surface area contributed by atoms with Crippen LogP contribution < -0.4 is 0 Å². The van der Waals surface area contributed by atoms with E-state index in [1.807, 2.05) is 24.3 Å². The Labute approximate surface area is 129 Å². The van der Waals surface area contributed by atoms with Crippen molar-refractivity contribution in [2.75, 3.05) is 13.1 Å². The van der Waals surface area contributed by atoms with E-state index in [0.29, 0.717) is 6.42 Å². The number of hydrogen-bond acceptors (Lipinski definition) is 2. The van der Waals surface area contributed by atoms with Gasteiger partial charge in [0, 0.05) is 29.0 Å². The predicted molar refractivity (Wildman–Crippen MR) is 85.0 cm³/mol. The van der Waals surface area contributed by atoms with Gasteiger partial charge in [-0.3, -0.25) is 9.69 Å². The average Bonchev–Trinajstić information content (AvgIpc) is 2.89. The Balaban J connectivity index is 1.54. The average molecular weight is 336 g/mol. The predicted octanol–water partition coefficient (Wildman–Crippen LogP) is 4.29. The summed E-state index contributed by atoms with van der Waals surface area (Å²) in [4.78, 5) is 14.8. The maximum atomic E-state index is 12.2. The van der Waals surface area contributed by atoms with Crippen molar-refractivity contribution in [1.82, 2.24) is 4.90 Å². The number of Topliss-reactive ketones (excluding diaryl/α,β-unsaturated/α-hetero) is 1. The third-order valence-corrected chi connectivity index (χ3v) is 5.45. The molecule has 2 fully saturated rings. The quantitative estimate of drug-likeness (QED) is 0.765. The first kappa shape index (κ1) is 14.3. The summed E-state index contributed by atoms with van der Waals surface area (Å²) < 4.78 is 1.03. The third kappa shape index (κ3) is 3.15. The largest absolute Gasteiger partial charge is 0.300 e. The second-order valence-corrected chi connectivity index (χ2v) is 7.03. The van der Waals surface area contributed by atoms with E-state index in [9.17, 15) is 4.79 Å². The molecule has 0 radical (unpaired) electrons. The molecule has 3 heteroatoms. The van der Waals surface area contributed by atoms with E-state index in [-0.39, 0.29) is 5.78 Å². The molecule has 2 aliphatic rings. The number of ketones is 1. The summed E-state index contributed by atoms with van der Waals surface area (Å²) in [6, 6.07) is 8.49. The molecule has 1 saturated carbocycles. The monoisotopic (exact) mass is 335 g/mol. The molecule has 1 heterocycles. The zero-order chi connectivity index (χ0) is 13.9. The Morgan fingerprint density at radius 1 is 1.15 bits per heavy atom. The minimum atomic E-state index is 0.275. The van der Waals surface area contributed by atoms with Gasteiger partial charge in [0.1, 0.15) is 0 Å². The minimum absolute atomic E-state index is 0.275. The molecular formula is C17H22BrNO. The number of hydrogen-bond donors (Lipinski definition) is 0. The van der Waals surface area contributed by atoms with Crippen LogP contribution in [0, 0.1) is 5.92 Å². The lowest BCUT2D eigenvalue weighted by atomic mass is 9.85. The minimum Gasteiger partial charge on any atom is -0.300 e. The summed E-state index contributed by atoms with van der Waals surface area (Å²) in [5, 5.41) is 0. The summed E-state index contributed by atoms with van der Waals surface area (Å²) in [6.45, 7) is 2.14. The fraction of sp³-hybridized carbons (Fsp3) is 0.588. The molecular weight excluding hydrogens is 314 g/mol. The van der Waals surface area contributed by atoms with Gasteiger partial charge in [0.15, 0.2) is 5.78 Å². The summed E-state index contributed by atoms with van der Waals surface area (Å²) >= 11 is 3.41. The molecule has 1 saturated heterocycles. The van der Waals surface area contributed by atoms with Crippen molar-refractivity contribution in [1.29, 1.82) is 0 Å². The molecule has 0 spiro atoms. The normalized spacial score (nSPS) is 26.4. The van der Waals surface area contributed by atoms with Gasteiger partial charge in [-0.05, 0) is 43.9 Å². The highest BCUT2D eigenvalue weighted by atomic mass is 79.9. The van der Waals surface area contributed by atoms with Crippen LogP contribution in [0.3, 0.4) is 0 Å². The molecule has 108 valence electrons. The van der Waals surface area contributed by atoms with E-state index in [1.54, 1.807) is 0 Å². The molecule has 1 aromatic carbocycles. The van der Waals surface area contributed by atoms with Crippen molar-refractivity contribution >= 4 is 21.7 Å². The van der Waals surface area contributed by atoms with Crippen LogP contribution in [0.15, 0.2) is 28.7 Å². The van der Waals surface area contributed by atoms with Crippen molar-refractivity contribution in [3.8, 4) is 0 Å². The van der Waals surface area contributed by atoms with Gasteiger partial charge < -0.3 is 0 Å². The van der Waals surface area contributed by atoms with Gasteiger partial charge in [-0.15, -0.1) is 0 Å². The van der Waals surface area contributed by atoms with Gasteiger partial charge in [-0.25, -0.2) is 0 Å². The summed E-state index contributed by atoms with van der Waals surface area (Å²) in [5.74, 6) is 1.18. The zero-order valence-corrected chi connectivity index (χ0v) is 13.4. The number of fused-ring (bicyclic) bond motifs is 1. The number of halogens is 1. The Morgan fingerprint density at radius 3 is 2.70 bits per heavy atom. The second kappa shape index (κ2) is 6.40. The Morgan fingerprint density at radius 2 is 1.90 bits per heavy atom. The number of carbonyl (C=O) groups is 1. The molecule has 0 aromatic heterocycles. The number of nitrogens with zero attached hydrogens (tertiary/aromatic N) is 1. The highest BCUT2D eigenvalue weighted by molar-refractivity contribution is 9.10. The van der Waals surface area contributed by atoms with Crippen LogP contribution in [0.5, 0.6) is 0 Å². The van der Waals surface area contributed by atoms with Gasteiger partial charge >= 0.3 is 0 Å². The van der Waals surface area contributed by atoms with Gasteiger partial charge in [0.05, 0.1) is 0 Å². The van der Waals surface area contributed by atoms with E-state index < -0.39 is 0 Å². The lowest BCUT2D eigenvalue weighted by Gasteiger charge is -2.31. The molecule has 2 unspecified atom stereocenters. The Hall–Kier alpha value is -0.670. The highest BCUT2D eigenvalue weighted by Crippen LogP contribution is 2.36. The molecule has 0 amide bonds. The lowest BCUT2D eigenvalue weighted by molar-refractivity contribution is 0.0951. The summed E-state index contributed by atoms with van der Waals surface area (Å²) in [6.07, 6.45) is 7.53. The van der Waals surface area contributed by atoms with E-state index >= 15 is 0 Å². The molecule has 0 N–H and O–H groups in total. The van der Waals surface area contributed by atoms with Gasteiger partial charge in [-0.2, -0.15) is 0 Å². The van der Waals surface area contributed by atoms with Crippen LogP contribution >= 0.6 is 15.9 Å². The van der Waals surface area contributed by atoms with Crippen LogP contribution in [0.25, 0.3) is 0 Å². The van der Waals surface area contributed by atoms with Gasteiger partial charge in [0.2, 0.25) is 0 Å².